The van der Waals surface area contributed by atoms with E-state index in [9.17, 15) is 13.5 Å². The summed E-state index contributed by atoms with van der Waals surface area (Å²) >= 11 is 0. The van der Waals surface area contributed by atoms with Crippen LogP contribution in [0.25, 0.3) is 0 Å². The Morgan fingerprint density at radius 1 is 1.40 bits per heavy atom. The molecule has 20 heavy (non-hydrogen) atoms. The van der Waals surface area contributed by atoms with Crippen molar-refractivity contribution in [2.45, 2.75) is 30.8 Å². The van der Waals surface area contributed by atoms with Crippen LogP contribution >= 0.6 is 0 Å². The molecule has 4 nitrogen and oxygen atoms in total. The maximum Gasteiger partial charge on any atom is 0.243 e. The molecule has 2 rings (SSSR count). The summed E-state index contributed by atoms with van der Waals surface area (Å²) in [6.07, 6.45) is 2.05. The van der Waals surface area contributed by atoms with E-state index >= 15 is 0 Å². The van der Waals surface area contributed by atoms with E-state index < -0.39 is 15.6 Å². The summed E-state index contributed by atoms with van der Waals surface area (Å²) in [6, 6.07) is 6.83. The van der Waals surface area contributed by atoms with E-state index in [1.54, 1.807) is 37.3 Å². The molecule has 0 aliphatic carbocycles. The number of hydrogen-bond acceptors (Lipinski definition) is 3. The van der Waals surface area contributed by atoms with Gasteiger partial charge in [0.25, 0.3) is 0 Å². The van der Waals surface area contributed by atoms with Gasteiger partial charge in [-0.15, -0.1) is 6.58 Å². The van der Waals surface area contributed by atoms with Crippen LogP contribution in [0.3, 0.4) is 0 Å². The fraction of sp³-hybridized carbons (Fsp3) is 0.467. The summed E-state index contributed by atoms with van der Waals surface area (Å²) in [5, 5.41) is 10.2. The predicted molar refractivity (Wildman–Crippen MR) is 78.9 cm³/mol. The predicted octanol–water partition coefficient (Wildman–Crippen LogP) is 1.94. The lowest BCUT2D eigenvalue weighted by molar-refractivity contribution is -0.0217. The normalized spacial score (nSPS) is 28.2. The molecule has 0 bridgehead atoms. The minimum absolute atomic E-state index is 0.253. The molecule has 0 aromatic heterocycles. The van der Waals surface area contributed by atoms with Crippen LogP contribution in [-0.2, 0) is 10.0 Å². The Labute approximate surface area is 120 Å². The molecule has 2 atom stereocenters. The van der Waals surface area contributed by atoms with Gasteiger partial charge < -0.3 is 5.11 Å². The highest BCUT2D eigenvalue weighted by Gasteiger charge is 2.40. The molecule has 0 unspecified atom stereocenters. The molecule has 0 amide bonds. The van der Waals surface area contributed by atoms with Crippen molar-refractivity contribution in [1.82, 2.24) is 4.31 Å². The van der Waals surface area contributed by atoms with Gasteiger partial charge in [-0.1, -0.05) is 23.8 Å². The maximum atomic E-state index is 12.6. The standard InChI is InChI=1S/C15H21NO3S/c1-4-13-11-16(10-9-15(13,3)17)20(18,19)14-7-5-12(2)6-8-14/h4-8,13,17H,1,9-11H2,2-3H3/t13-,15+/m0/s1. The van der Waals surface area contributed by atoms with Gasteiger partial charge in [0.2, 0.25) is 10.0 Å². The first-order chi connectivity index (χ1) is 9.27. The van der Waals surface area contributed by atoms with Crippen molar-refractivity contribution in [3.63, 3.8) is 0 Å². The average molecular weight is 295 g/mol. The minimum atomic E-state index is -3.50. The second-order valence-corrected chi connectivity index (χ2v) is 7.56. The zero-order valence-corrected chi connectivity index (χ0v) is 12.7. The van der Waals surface area contributed by atoms with Crippen LogP contribution in [0, 0.1) is 12.8 Å². The summed E-state index contributed by atoms with van der Waals surface area (Å²) in [5.74, 6) is -0.253. The number of sulfonamides is 1. The molecule has 0 saturated carbocycles. The van der Waals surface area contributed by atoms with Crippen molar-refractivity contribution < 1.29 is 13.5 Å². The van der Waals surface area contributed by atoms with E-state index in [1.807, 2.05) is 6.92 Å². The Morgan fingerprint density at radius 3 is 2.55 bits per heavy atom. The second kappa shape index (κ2) is 5.31. The summed E-state index contributed by atoms with van der Waals surface area (Å²) in [6.45, 7) is 7.95. The SMILES string of the molecule is C=C[C@H]1CN(S(=O)(=O)c2ccc(C)cc2)CC[C@@]1(C)O. The van der Waals surface area contributed by atoms with E-state index in [-0.39, 0.29) is 12.5 Å². The van der Waals surface area contributed by atoms with Gasteiger partial charge in [0.1, 0.15) is 0 Å². The van der Waals surface area contributed by atoms with Crippen LogP contribution < -0.4 is 0 Å². The summed E-state index contributed by atoms with van der Waals surface area (Å²) in [4.78, 5) is 0.299. The summed E-state index contributed by atoms with van der Waals surface area (Å²) in [5.41, 5.74) is 0.135. The van der Waals surface area contributed by atoms with Gasteiger partial charge in [-0.25, -0.2) is 8.42 Å². The van der Waals surface area contributed by atoms with Crippen molar-refractivity contribution >= 4 is 10.0 Å². The highest BCUT2D eigenvalue weighted by Crippen LogP contribution is 2.31. The van der Waals surface area contributed by atoms with Crippen LogP contribution in [0.2, 0.25) is 0 Å². The number of hydrogen-bond donors (Lipinski definition) is 1. The van der Waals surface area contributed by atoms with Crippen LogP contribution in [0.15, 0.2) is 41.8 Å². The van der Waals surface area contributed by atoms with Crippen molar-refractivity contribution in [1.29, 1.82) is 0 Å². The Hall–Kier alpha value is -1.17. The maximum absolute atomic E-state index is 12.6. The fourth-order valence-corrected chi connectivity index (χ4v) is 3.92. The van der Waals surface area contributed by atoms with E-state index in [0.717, 1.165) is 5.56 Å². The number of nitrogens with zero attached hydrogens (tertiary/aromatic N) is 1. The molecule has 5 heteroatoms. The lowest BCUT2D eigenvalue weighted by Gasteiger charge is -2.40. The molecule has 1 aromatic carbocycles. The van der Waals surface area contributed by atoms with Gasteiger partial charge in [0.15, 0.2) is 0 Å². The topological polar surface area (TPSA) is 57.6 Å². The molecular formula is C15H21NO3S. The fourth-order valence-electron chi connectivity index (χ4n) is 2.45. The van der Waals surface area contributed by atoms with Crippen molar-refractivity contribution in [3.05, 3.63) is 42.5 Å². The van der Waals surface area contributed by atoms with Crippen molar-refractivity contribution in [3.8, 4) is 0 Å². The Bertz CT molecular complexity index is 590. The van der Waals surface area contributed by atoms with E-state index in [4.69, 9.17) is 0 Å². The molecule has 1 fully saturated rings. The molecule has 1 aliphatic heterocycles. The van der Waals surface area contributed by atoms with Crippen molar-refractivity contribution in [2.75, 3.05) is 13.1 Å². The molecule has 1 aliphatic rings. The first kappa shape index (κ1) is 15.2. The van der Waals surface area contributed by atoms with E-state index in [1.165, 1.54) is 4.31 Å². The molecule has 0 radical (unpaired) electrons. The summed E-state index contributed by atoms with van der Waals surface area (Å²) in [7, 11) is -3.50. The van der Waals surface area contributed by atoms with E-state index in [2.05, 4.69) is 6.58 Å². The van der Waals surface area contributed by atoms with Gasteiger partial charge in [-0.2, -0.15) is 4.31 Å². The molecule has 1 heterocycles. The monoisotopic (exact) mass is 295 g/mol. The van der Waals surface area contributed by atoms with E-state index in [0.29, 0.717) is 17.9 Å². The Balaban J connectivity index is 2.27. The highest BCUT2D eigenvalue weighted by atomic mass is 32.2. The molecule has 1 saturated heterocycles. The van der Waals surface area contributed by atoms with Crippen LogP contribution in [0.1, 0.15) is 18.9 Å². The quantitative estimate of drug-likeness (QED) is 0.867. The molecule has 0 spiro atoms. The lowest BCUT2D eigenvalue weighted by atomic mass is 9.83. The number of benzene rings is 1. The number of aryl methyl sites for hydroxylation is 1. The lowest BCUT2D eigenvalue weighted by Crippen LogP contribution is -2.51. The Morgan fingerprint density at radius 2 is 2.00 bits per heavy atom. The largest absolute Gasteiger partial charge is 0.389 e. The first-order valence-corrected chi connectivity index (χ1v) is 8.13. The smallest absolute Gasteiger partial charge is 0.243 e. The number of aliphatic hydroxyl groups is 1. The number of rotatable bonds is 3. The van der Waals surface area contributed by atoms with Crippen molar-refractivity contribution in [2.24, 2.45) is 5.92 Å². The zero-order chi connectivity index (χ0) is 15.0. The molecule has 1 aromatic rings. The third-order valence-electron chi connectivity index (χ3n) is 4.01. The van der Waals surface area contributed by atoms with Gasteiger partial charge in [0.05, 0.1) is 10.5 Å². The third kappa shape index (κ3) is 2.80. The van der Waals surface area contributed by atoms with Crippen LogP contribution in [0.5, 0.6) is 0 Å². The Kier molecular flexibility index (Phi) is 4.04. The molecule has 110 valence electrons. The average Bonchev–Trinajstić information content (AvgIpc) is 2.38. The van der Waals surface area contributed by atoms with Gasteiger partial charge in [0, 0.05) is 19.0 Å². The van der Waals surface area contributed by atoms with Crippen LogP contribution in [0.4, 0.5) is 0 Å². The van der Waals surface area contributed by atoms with Gasteiger partial charge in [-0.3, -0.25) is 0 Å². The van der Waals surface area contributed by atoms with Crippen LogP contribution in [-0.4, -0.2) is 36.5 Å². The van der Waals surface area contributed by atoms with Gasteiger partial charge >= 0.3 is 0 Å². The molecule has 1 N–H and O–H groups in total. The second-order valence-electron chi connectivity index (χ2n) is 5.63. The number of piperidine rings is 1. The zero-order valence-electron chi connectivity index (χ0n) is 11.9. The summed E-state index contributed by atoms with van der Waals surface area (Å²) < 4.78 is 26.6. The van der Waals surface area contributed by atoms with Gasteiger partial charge in [-0.05, 0) is 32.4 Å². The first-order valence-electron chi connectivity index (χ1n) is 6.69. The highest BCUT2D eigenvalue weighted by molar-refractivity contribution is 7.89. The third-order valence-corrected chi connectivity index (χ3v) is 5.89. The minimum Gasteiger partial charge on any atom is -0.389 e. The molecular weight excluding hydrogens is 274 g/mol.